The fourth-order valence-electron chi connectivity index (χ4n) is 4.67. The second-order valence-electron chi connectivity index (χ2n) is 7.77. The molecule has 0 N–H and O–H groups in total. The van der Waals surface area contributed by atoms with Gasteiger partial charge in [-0.2, -0.15) is 5.10 Å². The number of carbonyl (C=O) groups excluding carboxylic acids is 1. The predicted octanol–water partition coefficient (Wildman–Crippen LogP) is 1.78. The molecule has 6 nitrogen and oxygen atoms in total. The molecule has 6 heteroatoms. The Morgan fingerprint density at radius 1 is 1.23 bits per heavy atom. The van der Waals surface area contributed by atoms with Crippen molar-refractivity contribution in [2.75, 3.05) is 13.1 Å². The Bertz CT molecular complexity index is 911. The maximum Gasteiger partial charge on any atom is 0.250 e. The van der Waals surface area contributed by atoms with Crippen LogP contribution in [0, 0.1) is 19.8 Å². The van der Waals surface area contributed by atoms with E-state index in [0.717, 1.165) is 49.6 Å². The second kappa shape index (κ2) is 6.41. The van der Waals surface area contributed by atoms with Crippen LogP contribution in [0.1, 0.15) is 41.4 Å². The van der Waals surface area contributed by atoms with Crippen LogP contribution in [0.3, 0.4) is 0 Å². The van der Waals surface area contributed by atoms with E-state index in [1.807, 2.05) is 40.3 Å². The van der Waals surface area contributed by atoms with Crippen molar-refractivity contribution in [2.45, 2.75) is 45.6 Å². The lowest BCUT2D eigenvalue weighted by molar-refractivity contribution is -0.133. The third-order valence-corrected chi connectivity index (χ3v) is 6.08. The van der Waals surface area contributed by atoms with Crippen molar-refractivity contribution in [1.29, 1.82) is 0 Å². The van der Waals surface area contributed by atoms with Crippen LogP contribution in [0.25, 0.3) is 0 Å². The summed E-state index contributed by atoms with van der Waals surface area (Å²) in [4.78, 5) is 27.0. The number of fused-ring (bicyclic) bond motifs is 4. The van der Waals surface area contributed by atoms with Crippen LogP contribution < -0.4 is 5.56 Å². The topological polar surface area (TPSA) is 60.1 Å². The third-order valence-electron chi connectivity index (χ3n) is 6.08. The molecule has 4 heterocycles. The van der Waals surface area contributed by atoms with Gasteiger partial charge < -0.3 is 9.47 Å². The molecule has 26 heavy (non-hydrogen) atoms. The molecule has 1 fully saturated rings. The van der Waals surface area contributed by atoms with Crippen LogP contribution in [0.4, 0.5) is 0 Å². The minimum Gasteiger partial charge on any atom is -0.342 e. The largest absolute Gasteiger partial charge is 0.342 e. The predicted molar refractivity (Wildman–Crippen MR) is 99.1 cm³/mol. The summed E-state index contributed by atoms with van der Waals surface area (Å²) in [6, 6.07) is 5.51. The van der Waals surface area contributed by atoms with Gasteiger partial charge in [-0.25, -0.2) is 0 Å². The molecule has 2 aliphatic rings. The molecule has 0 radical (unpaired) electrons. The Hall–Kier alpha value is -2.37. The molecule has 2 unspecified atom stereocenters. The SMILES string of the molecule is Cc1nn(C)c(C)c1CCC(=O)N1CC2CC(C1)c1cccc(=O)n1C2. The molecule has 138 valence electrons. The fourth-order valence-corrected chi connectivity index (χ4v) is 4.67. The zero-order chi connectivity index (χ0) is 18.4. The van der Waals surface area contributed by atoms with E-state index in [2.05, 4.69) is 12.0 Å². The third kappa shape index (κ3) is 2.87. The van der Waals surface area contributed by atoms with E-state index in [-0.39, 0.29) is 17.4 Å². The molecule has 0 aliphatic carbocycles. The minimum atomic E-state index is 0.0829. The average Bonchev–Trinajstić information content (AvgIpc) is 2.86. The van der Waals surface area contributed by atoms with Crippen molar-refractivity contribution in [1.82, 2.24) is 19.2 Å². The van der Waals surface area contributed by atoms with Crippen molar-refractivity contribution in [3.8, 4) is 0 Å². The van der Waals surface area contributed by atoms with Gasteiger partial charge in [0.2, 0.25) is 5.91 Å². The Balaban J connectivity index is 1.47. The molecule has 1 saturated heterocycles. The van der Waals surface area contributed by atoms with Gasteiger partial charge in [-0.3, -0.25) is 14.3 Å². The Labute approximate surface area is 153 Å². The highest BCUT2D eigenvalue weighted by molar-refractivity contribution is 5.76. The molecule has 0 spiro atoms. The van der Waals surface area contributed by atoms with E-state index in [0.29, 0.717) is 12.3 Å². The van der Waals surface area contributed by atoms with Gasteiger partial charge in [0.15, 0.2) is 0 Å². The number of hydrogen-bond acceptors (Lipinski definition) is 3. The van der Waals surface area contributed by atoms with Gasteiger partial charge in [0.05, 0.1) is 5.69 Å². The molecule has 2 atom stereocenters. The normalized spacial score (nSPS) is 21.6. The first-order valence-corrected chi connectivity index (χ1v) is 9.40. The summed E-state index contributed by atoms with van der Waals surface area (Å²) in [5.41, 5.74) is 4.51. The lowest BCUT2D eigenvalue weighted by Gasteiger charge is -2.42. The average molecular weight is 354 g/mol. The molecule has 0 saturated carbocycles. The lowest BCUT2D eigenvalue weighted by atomic mass is 9.83. The molecule has 4 rings (SSSR count). The maximum absolute atomic E-state index is 12.8. The number of hydrogen-bond donors (Lipinski definition) is 0. The molecular weight excluding hydrogens is 328 g/mol. The lowest BCUT2D eigenvalue weighted by Crippen LogP contribution is -2.49. The van der Waals surface area contributed by atoms with E-state index < -0.39 is 0 Å². The number of rotatable bonds is 3. The second-order valence-corrected chi connectivity index (χ2v) is 7.77. The van der Waals surface area contributed by atoms with Crippen LogP contribution in [-0.2, 0) is 24.8 Å². The zero-order valence-electron chi connectivity index (χ0n) is 15.7. The van der Waals surface area contributed by atoms with Gasteiger partial charge in [0.1, 0.15) is 0 Å². The number of likely N-dealkylation sites (tertiary alicyclic amines) is 1. The van der Waals surface area contributed by atoms with Crippen LogP contribution in [-0.4, -0.2) is 38.2 Å². The molecule has 2 bridgehead atoms. The summed E-state index contributed by atoms with van der Waals surface area (Å²) in [6.45, 7) is 6.29. The van der Waals surface area contributed by atoms with E-state index in [4.69, 9.17) is 0 Å². The first-order valence-electron chi connectivity index (χ1n) is 9.40. The van der Waals surface area contributed by atoms with E-state index in [1.54, 1.807) is 6.07 Å². The summed E-state index contributed by atoms with van der Waals surface area (Å²) in [7, 11) is 1.94. The van der Waals surface area contributed by atoms with Gasteiger partial charge in [0.25, 0.3) is 5.56 Å². The van der Waals surface area contributed by atoms with Gasteiger partial charge in [-0.1, -0.05) is 6.07 Å². The Kier molecular flexibility index (Phi) is 4.21. The molecular formula is C20H26N4O2. The highest BCUT2D eigenvalue weighted by atomic mass is 16.2. The van der Waals surface area contributed by atoms with Gasteiger partial charge in [-0.05, 0) is 44.2 Å². The fraction of sp³-hybridized carbons (Fsp3) is 0.550. The Morgan fingerprint density at radius 3 is 2.77 bits per heavy atom. The molecule has 1 amide bonds. The first kappa shape index (κ1) is 17.1. The smallest absolute Gasteiger partial charge is 0.250 e. The van der Waals surface area contributed by atoms with Crippen molar-refractivity contribution in [2.24, 2.45) is 13.0 Å². The van der Waals surface area contributed by atoms with Crippen LogP contribution in [0.2, 0.25) is 0 Å². The first-order chi connectivity index (χ1) is 12.4. The summed E-state index contributed by atoms with van der Waals surface area (Å²) in [5, 5.41) is 4.44. The van der Waals surface area contributed by atoms with Gasteiger partial charge >= 0.3 is 0 Å². The highest BCUT2D eigenvalue weighted by Gasteiger charge is 2.36. The molecule has 2 aliphatic heterocycles. The van der Waals surface area contributed by atoms with Crippen LogP contribution in [0.15, 0.2) is 23.0 Å². The number of aromatic nitrogens is 3. The summed E-state index contributed by atoms with van der Waals surface area (Å²) >= 11 is 0. The van der Waals surface area contributed by atoms with Crippen LogP contribution >= 0.6 is 0 Å². The van der Waals surface area contributed by atoms with Crippen molar-refractivity contribution in [3.63, 3.8) is 0 Å². The molecule has 0 aromatic carbocycles. The number of nitrogens with zero attached hydrogens (tertiary/aromatic N) is 4. The maximum atomic E-state index is 12.8. The summed E-state index contributed by atoms with van der Waals surface area (Å²) in [5.74, 6) is 0.878. The van der Waals surface area contributed by atoms with Crippen molar-refractivity contribution >= 4 is 5.91 Å². The Morgan fingerprint density at radius 2 is 2.04 bits per heavy atom. The minimum absolute atomic E-state index is 0.0829. The van der Waals surface area contributed by atoms with E-state index in [1.165, 1.54) is 5.56 Å². The number of piperidine rings is 1. The number of pyridine rings is 1. The molecule has 2 aromatic heterocycles. The molecule has 2 aromatic rings. The van der Waals surface area contributed by atoms with E-state index >= 15 is 0 Å². The quantitative estimate of drug-likeness (QED) is 0.844. The standard InChI is InChI=1S/C20H26N4O2/c1-13-17(14(2)22(3)21-13)7-8-19(25)23-10-15-9-16(12-23)18-5-4-6-20(26)24(18)11-15/h4-6,15-16H,7-12H2,1-3H3. The number of carbonyl (C=O) groups is 1. The summed E-state index contributed by atoms with van der Waals surface area (Å²) < 4.78 is 3.79. The van der Waals surface area contributed by atoms with Crippen molar-refractivity contribution in [3.05, 3.63) is 51.2 Å². The monoisotopic (exact) mass is 354 g/mol. The zero-order valence-corrected chi connectivity index (χ0v) is 15.7. The summed E-state index contributed by atoms with van der Waals surface area (Å²) in [6.07, 6.45) is 2.34. The van der Waals surface area contributed by atoms with Crippen LogP contribution in [0.5, 0.6) is 0 Å². The van der Waals surface area contributed by atoms with E-state index in [9.17, 15) is 9.59 Å². The number of amides is 1. The number of aryl methyl sites for hydroxylation is 2. The van der Waals surface area contributed by atoms with Gasteiger partial charge in [0, 0.05) is 56.5 Å². The highest BCUT2D eigenvalue weighted by Crippen LogP contribution is 2.35. The van der Waals surface area contributed by atoms with Gasteiger partial charge in [-0.15, -0.1) is 0 Å². The van der Waals surface area contributed by atoms with Crippen molar-refractivity contribution < 1.29 is 4.79 Å².